The molecule has 2 rings (SSSR count). The molecule has 4 N–H and O–H groups in total. The molecule has 0 atom stereocenters. The number of carboxylic acid groups (broad SMARTS) is 1. The number of carboxylic acids is 1. The molecule has 1 amide bonds. The van der Waals surface area contributed by atoms with Crippen molar-refractivity contribution in [3.63, 3.8) is 0 Å². The predicted molar refractivity (Wildman–Crippen MR) is 80.3 cm³/mol. The number of nitrogens with one attached hydrogen (secondary N) is 1. The summed E-state index contributed by atoms with van der Waals surface area (Å²) < 4.78 is 2.35. The van der Waals surface area contributed by atoms with Crippen LogP contribution in [0.15, 0.2) is 35.2 Å². The number of hydrogen-bond acceptors (Lipinski definition) is 4. The molecule has 21 heavy (non-hydrogen) atoms. The number of benzene rings is 1. The molecule has 0 saturated heterocycles. The van der Waals surface area contributed by atoms with Crippen LogP contribution in [0.25, 0.3) is 0 Å². The number of nitrogens with two attached hydrogens (primary N) is 1. The summed E-state index contributed by atoms with van der Waals surface area (Å²) in [5.74, 6) is -1.60. The Morgan fingerprint density at radius 2 is 2.19 bits per heavy atom. The Bertz CT molecular complexity index is 684. The molecule has 0 bridgehead atoms. The van der Waals surface area contributed by atoms with E-state index in [-0.39, 0.29) is 16.9 Å². The molecule has 1 heterocycles. The minimum absolute atomic E-state index is 0.00735. The molecule has 1 aromatic heterocycles. The van der Waals surface area contributed by atoms with Gasteiger partial charge in [-0.25, -0.2) is 9.78 Å². The molecular formula is C13H13BrN4O3. The third-order valence-corrected chi connectivity index (χ3v) is 3.21. The Hall–Kier alpha value is -2.19. The lowest BCUT2D eigenvalue weighted by Gasteiger charge is -2.07. The van der Waals surface area contributed by atoms with Gasteiger partial charge in [-0.1, -0.05) is 15.9 Å². The van der Waals surface area contributed by atoms with Gasteiger partial charge in [0.15, 0.2) is 0 Å². The van der Waals surface area contributed by atoms with Crippen molar-refractivity contribution in [2.45, 2.75) is 6.54 Å². The molecule has 1 aromatic carbocycles. The summed E-state index contributed by atoms with van der Waals surface area (Å²) in [5.41, 5.74) is 5.83. The quantitative estimate of drug-likeness (QED) is 0.756. The van der Waals surface area contributed by atoms with Crippen LogP contribution in [0.1, 0.15) is 20.8 Å². The van der Waals surface area contributed by atoms with Crippen LogP contribution in [0, 0.1) is 0 Å². The highest BCUT2D eigenvalue weighted by atomic mass is 79.9. The molecule has 0 aliphatic carbocycles. The van der Waals surface area contributed by atoms with Gasteiger partial charge in [-0.3, -0.25) is 4.79 Å². The number of carbonyl (C=O) groups excluding carboxylic acids is 1. The number of carbonyl (C=O) groups is 2. The van der Waals surface area contributed by atoms with Crippen LogP contribution >= 0.6 is 15.9 Å². The second-order valence-electron chi connectivity index (χ2n) is 4.23. The van der Waals surface area contributed by atoms with E-state index in [4.69, 9.17) is 10.8 Å². The number of nitrogens with zero attached hydrogens (tertiary/aromatic N) is 2. The fourth-order valence-corrected chi connectivity index (χ4v) is 2.10. The molecule has 0 radical (unpaired) electrons. The highest BCUT2D eigenvalue weighted by Crippen LogP contribution is 2.22. The topological polar surface area (TPSA) is 110 Å². The average molecular weight is 353 g/mol. The maximum Gasteiger partial charge on any atom is 0.337 e. The maximum absolute atomic E-state index is 12.1. The van der Waals surface area contributed by atoms with Gasteiger partial charge in [-0.15, -0.1) is 0 Å². The number of halogens is 1. The van der Waals surface area contributed by atoms with Crippen LogP contribution in [-0.2, 0) is 6.54 Å². The predicted octanol–water partition coefficient (Wildman–Crippen LogP) is 1.55. The third kappa shape index (κ3) is 3.67. The van der Waals surface area contributed by atoms with E-state index in [2.05, 4.69) is 26.2 Å². The number of aromatic carboxylic acids is 1. The summed E-state index contributed by atoms with van der Waals surface area (Å²) in [6.45, 7) is 0.990. The van der Waals surface area contributed by atoms with Gasteiger partial charge in [0.25, 0.3) is 5.91 Å². The first-order chi connectivity index (χ1) is 10.0. The van der Waals surface area contributed by atoms with E-state index in [1.54, 1.807) is 16.8 Å². The van der Waals surface area contributed by atoms with E-state index in [9.17, 15) is 9.59 Å². The molecule has 7 nitrogen and oxygen atoms in total. The number of anilines is 1. The number of rotatable bonds is 5. The first-order valence-corrected chi connectivity index (χ1v) is 6.86. The Labute approximate surface area is 128 Å². The van der Waals surface area contributed by atoms with Crippen LogP contribution in [0.5, 0.6) is 0 Å². The van der Waals surface area contributed by atoms with Crippen molar-refractivity contribution in [1.29, 1.82) is 0 Å². The molecule has 8 heteroatoms. The van der Waals surface area contributed by atoms with Crippen molar-refractivity contribution in [2.24, 2.45) is 5.73 Å². The van der Waals surface area contributed by atoms with Crippen molar-refractivity contribution < 1.29 is 14.7 Å². The average Bonchev–Trinajstić information content (AvgIpc) is 2.87. The van der Waals surface area contributed by atoms with Crippen molar-refractivity contribution in [3.05, 3.63) is 46.5 Å². The van der Waals surface area contributed by atoms with Crippen LogP contribution in [0.2, 0.25) is 0 Å². The number of hydrogen-bond donors (Lipinski definition) is 3. The Morgan fingerprint density at radius 1 is 1.43 bits per heavy atom. The molecule has 0 unspecified atom stereocenters. The van der Waals surface area contributed by atoms with Gasteiger partial charge in [-0.05, 0) is 18.2 Å². The second-order valence-corrected chi connectivity index (χ2v) is 5.15. The first kappa shape index (κ1) is 15.2. The fraction of sp³-hybridized carbons (Fsp3) is 0.154. The first-order valence-electron chi connectivity index (χ1n) is 6.07. The maximum atomic E-state index is 12.1. The van der Waals surface area contributed by atoms with Crippen molar-refractivity contribution in [3.8, 4) is 0 Å². The fourth-order valence-electron chi connectivity index (χ4n) is 1.74. The van der Waals surface area contributed by atoms with E-state index in [1.807, 2.05) is 0 Å². The molecule has 0 saturated carbocycles. The summed E-state index contributed by atoms with van der Waals surface area (Å²) in [4.78, 5) is 27.2. The minimum atomic E-state index is -1.12. The zero-order chi connectivity index (χ0) is 15.4. The Morgan fingerprint density at radius 3 is 2.86 bits per heavy atom. The minimum Gasteiger partial charge on any atom is -0.478 e. The summed E-state index contributed by atoms with van der Waals surface area (Å²) >= 11 is 3.24. The Kier molecular flexibility index (Phi) is 4.71. The zero-order valence-electron chi connectivity index (χ0n) is 10.9. The van der Waals surface area contributed by atoms with Crippen LogP contribution in [0.3, 0.4) is 0 Å². The van der Waals surface area contributed by atoms with Gasteiger partial charge >= 0.3 is 5.97 Å². The number of imidazole rings is 1. The number of amides is 1. The summed E-state index contributed by atoms with van der Waals surface area (Å²) in [6.07, 6.45) is 3.06. The molecule has 2 aromatic rings. The standard InChI is InChI=1S/C13H13BrN4O3/c14-8-1-2-9(13(20)21)10(5-8)17-12(19)11-6-18(4-3-15)7-16-11/h1-2,5-7H,3-4,15H2,(H,17,19)(H,20,21). The normalized spacial score (nSPS) is 10.4. The molecular weight excluding hydrogens is 340 g/mol. The van der Waals surface area contributed by atoms with Gasteiger partial charge in [0, 0.05) is 23.8 Å². The van der Waals surface area contributed by atoms with Gasteiger partial charge in [0.1, 0.15) is 5.69 Å². The van der Waals surface area contributed by atoms with Crippen LogP contribution in [-0.4, -0.2) is 33.1 Å². The van der Waals surface area contributed by atoms with Crippen molar-refractivity contribution >= 4 is 33.5 Å². The second kappa shape index (κ2) is 6.51. The number of aromatic nitrogens is 2. The summed E-state index contributed by atoms with van der Waals surface area (Å²) in [5, 5.41) is 11.7. The van der Waals surface area contributed by atoms with Crippen molar-refractivity contribution in [2.75, 3.05) is 11.9 Å². The SMILES string of the molecule is NCCn1cnc(C(=O)Nc2cc(Br)ccc2C(=O)O)c1. The lowest BCUT2D eigenvalue weighted by molar-refractivity contribution is 0.0698. The van der Waals surface area contributed by atoms with E-state index < -0.39 is 11.9 Å². The molecule has 110 valence electrons. The van der Waals surface area contributed by atoms with E-state index >= 15 is 0 Å². The van der Waals surface area contributed by atoms with Crippen LogP contribution < -0.4 is 11.1 Å². The molecule has 0 aliphatic rings. The third-order valence-electron chi connectivity index (χ3n) is 2.71. The smallest absolute Gasteiger partial charge is 0.337 e. The van der Waals surface area contributed by atoms with Crippen LogP contribution in [0.4, 0.5) is 5.69 Å². The van der Waals surface area contributed by atoms with E-state index in [0.717, 1.165) is 0 Å². The highest BCUT2D eigenvalue weighted by molar-refractivity contribution is 9.10. The molecule has 0 spiro atoms. The highest BCUT2D eigenvalue weighted by Gasteiger charge is 2.15. The van der Waals surface area contributed by atoms with Gasteiger partial charge < -0.3 is 20.7 Å². The van der Waals surface area contributed by atoms with Gasteiger partial charge in [0.2, 0.25) is 0 Å². The van der Waals surface area contributed by atoms with Gasteiger partial charge in [0.05, 0.1) is 17.6 Å². The zero-order valence-corrected chi connectivity index (χ0v) is 12.5. The Balaban J connectivity index is 2.22. The molecule has 0 aliphatic heterocycles. The summed E-state index contributed by atoms with van der Waals surface area (Å²) in [7, 11) is 0. The lowest BCUT2D eigenvalue weighted by atomic mass is 10.2. The summed E-state index contributed by atoms with van der Waals surface area (Å²) in [6, 6.07) is 4.53. The monoisotopic (exact) mass is 352 g/mol. The largest absolute Gasteiger partial charge is 0.478 e. The van der Waals surface area contributed by atoms with E-state index in [1.165, 1.54) is 18.5 Å². The molecule has 0 fully saturated rings. The lowest BCUT2D eigenvalue weighted by Crippen LogP contribution is -2.15. The van der Waals surface area contributed by atoms with Gasteiger partial charge in [-0.2, -0.15) is 0 Å². The van der Waals surface area contributed by atoms with Crippen molar-refractivity contribution in [1.82, 2.24) is 9.55 Å². The van der Waals surface area contributed by atoms with E-state index in [0.29, 0.717) is 17.6 Å².